The topological polar surface area (TPSA) is 57.7 Å². The van der Waals surface area contributed by atoms with Crippen LogP contribution >= 0.6 is 0 Å². The molecule has 5 nitrogen and oxygen atoms in total. The van der Waals surface area contributed by atoms with Crippen molar-refractivity contribution in [2.75, 3.05) is 26.7 Å². The first-order valence-electron chi connectivity index (χ1n) is 5.88. The molecular formula is C13H12F2N2O3. The molecule has 0 spiro atoms. The molecule has 2 amide bonds. The summed E-state index contributed by atoms with van der Waals surface area (Å²) in [5, 5.41) is 0. The van der Waals surface area contributed by atoms with E-state index >= 15 is 0 Å². The average Bonchev–Trinajstić information content (AvgIpc) is 2.35. The lowest BCUT2D eigenvalue weighted by atomic mass is 10.1. The van der Waals surface area contributed by atoms with Gasteiger partial charge in [-0.15, -0.1) is 0 Å². The smallest absolute Gasteiger partial charge is 0.243 e. The number of benzene rings is 1. The Labute approximate surface area is 113 Å². The number of hydrogen-bond donors (Lipinski definition) is 0. The highest BCUT2D eigenvalue weighted by Gasteiger charge is 2.29. The average molecular weight is 282 g/mol. The van der Waals surface area contributed by atoms with Gasteiger partial charge >= 0.3 is 0 Å². The van der Waals surface area contributed by atoms with Gasteiger partial charge < -0.3 is 9.80 Å². The standard InChI is InChI=1S/C13H12F2N2O3/c1-16-6-13(20)17(7-12(16)19)5-11(18)9-3-2-8(14)4-10(9)15/h2-4H,5-7H2,1H3. The third-order valence-electron chi connectivity index (χ3n) is 3.04. The second kappa shape index (κ2) is 5.36. The summed E-state index contributed by atoms with van der Waals surface area (Å²) in [6.07, 6.45) is 0. The molecule has 1 heterocycles. The van der Waals surface area contributed by atoms with Crippen LogP contribution < -0.4 is 0 Å². The number of carbonyl (C=O) groups excluding carboxylic acids is 3. The number of ketones is 1. The summed E-state index contributed by atoms with van der Waals surface area (Å²) in [4.78, 5) is 37.4. The molecule has 0 radical (unpaired) electrons. The third-order valence-corrected chi connectivity index (χ3v) is 3.04. The molecule has 2 rings (SSSR count). The molecule has 0 atom stereocenters. The second-order valence-electron chi connectivity index (χ2n) is 4.55. The lowest BCUT2D eigenvalue weighted by Crippen LogP contribution is -2.53. The molecule has 106 valence electrons. The van der Waals surface area contributed by atoms with E-state index < -0.39 is 24.0 Å². The quantitative estimate of drug-likeness (QED) is 0.756. The number of halogens is 2. The van der Waals surface area contributed by atoms with Crippen molar-refractivity contribution in [2.24, 2.45) is 0 Å². The number of rotatable bonds is 3. The number of nitrogens with zero attached hydrogens (tertiary/aromatic N) is 2. The number of Topliss-reactive ketones (excluding diaryl/α,β-unsaturated/α-hetero) is 1. The second-order valence-corrected chi connectivity index (χ2v) is 4.55. The Morgan fingerprint density at radius 1 is 1.20 bits per heavy atom. The van der Waals surface area contributed by atoms with Gasteiger partial charge in [-0.25, -0.2) is 8.78 Å². The van der Waals surface area contributed by atoms with E-state index in [2.05, 4.69) is 0 Å². The van der Waals surface area contributed by atoms with Crippen LogP contribution in [0.2, 0.25) is 0 Å². The van der Waals surface area contributed by atoms with E-state index in [1.807, 2.05) is 0 Å². The van der Waals surface area contributed by atoms with Crippen LogP contribution in [0.3, 0.4) is 0 Å². The number of likely N-dealkylation sites (N-methyl/N-ethyl adjacent to an activating group) is 1. The molecule has 0 saturated carbocycles. The molecule has 0 aromatic heterocycles. The van der Waals surface area contributed by atoms with Gasteiger partial charge in [-0.05, 0) is 12.1 Å². The zero-order chi connectivity index (χ0) is 14.9. The summed E-state index contributed by atoms with van der Waals surface area (Å²) < 4.78 is 26.2. The third kappa shape index (κ3) is 2.81. The first-order chi connectivity index (χ1) is 9.38. The van der Waals surface area contributed by atoms with Gasteiger partial charge in [0.2, 0.25) is 11.8 Å². The van der Waals surface area contributed by atoms with Crippen LogP contribution in [0.1, 0.15) is 10.4 Å². The van der Waals surface area contributed by atoms with Gasteiger partial charge in [-0.1, -0.05) is 0 Å². The minimum Gasteiger partial charge on any atom is -0.335 e. The van der Waals surface area contributed by atoms with Crippen molar-refractivity contribution in [3.63, 3.8) is 0 Å². The lowest BCUT2D eigenvalue weighted by Gasteiger charge is -2.31. The molecule has 0 bridgehead atoms. The van der Waals surface area contributed by atoms with Gasteiger partial charge in [0.1, 0.15) is 18.2 Å². The largest absolute Gasteiger partial charge is 0.335 e. The van der Waals surface area contributed by atoms with Crippen molar-refractivity contribution in [3.8, 4) is 0 Å². The maximum absolute atomic E-state index is 13.5. The van der Waals surface area contributed by atoms with Crippen LogP contribution in [0.5, 0.6) is 0 Å². The monoisotopic (exact) mass is 282 g/mol. The molecule has 1 aliphatic heterocycles. The van der Waals surface area contributed by atoms with Crippen LogP contribution in [0.4, 0.5) is 8.78 Å². The maximum atomic E-state index is 13.5. The Morgan fingerprint density at radius 3 is 2.55 bits per heavy atom. The number of amides is 2. The van der Waals surface area contributed by atoms with Gasteiger partial charge in [-0.2, -0.15) is 0 Å². The van der Waals surface area contributed by atoms with Gasteiger partial charge in [0.15, 0.2) is 5.78 Å². The summed E-state index contributed by atoms with van der Waals surface area (Å²) in [6, 6.07) is 2.59. The molecule has 1 aromatic carbocycles. The highest BCUT2D eigenvalue weighted by molar-refractivity contribution is 6.01. The Balaban J connectivity index is 2.11. The van der Waals surface area contributed by atoms with Gasteiger partial charge in [-0.3, -0.25) is 14.4 Å². The molecule has 1 aromatic rings. The summed E-state index contributed by atoms with van der Waals surface area (Å²) in [7, 11) is 1.49. The zero-order valence-electron chi connectivity index (χ0n) is 10.7. The predicted octanol–water partition coefficient (Wildman–Crippen LogP) is 0.448. The Bertz CT molecular complexity index is 589. The molecule has 0 N–H and O–H groups in total. The first kappa shape index (κ1) is 14.1. The van der Waals surface area contributed by atoms with Crippen LogP contribution in [-0.2, 0) is 9.59 Å². The molecule has 0 unspecified atom stereocenters. The summed E-state index contributed by atoms with van der Waals surface area (Å²) in [5.74, 6) is -3.12. The van der Waals surface area contributed by atoms with E-state index in [4.69, 9.17) is 0 Å². The van der Waals surface area contributed by atoms with Crippen LogP contribution in [0, 0.1) is 11.6 Å². The molecular weight excluding hydrogens is 270 g/mol. The van der Waals surface area contributed by atoms with Crippen molar-refractivity contribution in [1.82, 2.24) is 9.80 Å². The van der Waals surface area contributed by atoms with Crippen LogP contribution in [-0.4, -0.2) is 54.1 Å². The molecule has 0 aliphatic carbocycles. The Hall–Kier alpha value is -2.31. The number of hydrogen-bond acceptors (Lipinski definition) is 3. The molecule has 7 heteroatoms. The highest BCUT2D eigenvalue weighted by Crippen LogP contribution is 2.12. The van der Waals surface area contributed by atoms with Gasteiger partial charge in [0.05, 0.1) is 18.7 Å². The van der Waals surface area contributed by atoms with Crippen molar-refractivity contribution < 1.29 is 23.2 Å². The van der Waals surface area contributed by atoms with E-state index in [1.165, 1.54) is 11.9 Å². The van der Waals surface area contributed by atoms with Crippen LogP contribution in [0.25, 0.3) is 0 Å². The van der Waals surface area contributed by atoms with E-state index in [0.717, 1.165) is 17.0 Å². The fourth-order valence-corrected chi connectivity index (χ4v) is 1.88. The van der Waals surface area contributed by atoms with Crippen molar-refractivity contribution in [2.45, 2.75) is 0 Å². The lowest BCUT2D eigenvalue weighted by molar-refractivity contribution is -0.148. The summed E-state index contributed by atoms with van der Waals surface area (Å²) >= 11 is 0. The van der Waals surface area contributed by atoms with E-state index in [9.17, 15) is 23.2 Å². The molecule has 20 heavy (non-hydrogen) atoms. The summed E-state index contributed by atoms with van der Waals surface area (Å²) in [6.45, 7) is -0.733. The summed E-state index contributed by atoms with van der Waals surface area (Å²) in [5.41, 5.74) is -0.300. The van der Waals surface area contributed by atoms with Crippen molar-refractivity contribution in [1.29, 1.82) is 0 Å². The number of piperazine rings is 1. The van der Waals surface area contributed by atoms with E-state index in [-0.39, 0.29) is 30.5 Å². The highest BCUT2D eigenvalue weighted by atomic mass is 19.1. The van der Waals surface area contributed by atoms with Gasteiger partial charge in [0.25, 0.3) is 0 Å². The zero-order valence-corrected chi connectivity index (χ0v) is 10.7. The Morgan fingerprint density at radius 2 is 1.90 bits per heavy atom. The maximum Gasteiger partial charge on any atom is 0.243 e. The minimum absolute atomic E-state index is 0.113. The van der Waals surface area contributed by atoms with Gasteiger partial charge in [0, 0.05) is 13.1 Å². The minimum atomic E-state index is -0.983. The van der Waals surface area contributed by atoms with Crippen LogP contribution in [0.15, 0.2) is 18.2 Å². The fourth-order valence-electron chi connectivity index (χ4n) is 1.88. The fraction of sp³-hybridized carbons (Fsp3) is 0.308. The van der Waals surface area contributed by atoms with Crippen molar-refractivity contribution >= 4 is 17.6 Å². The van der Waals surface area contributed by atoms with E-state index in [0.29, 0.717) is 6.07 Å². The Kier molecular flexibility index (Phi) is 3.78. The molecule has 1 fully saturated rings. The molecule has 1 saturated heterocycles. The van der Waals surface area contributed by atoms with E-state index in [1.54, 1.807) is 0 Å². The first-order valence-corrected chi connectivity index (χ1v) is 5.88. The molecule has 1 aliphatic rings. The SMILES string of the molecule is CN1CC(=O)N(CC(=O)c2ccc(F)cc2F)CC1=O. The normalized spacial score (nSPS) is 15.8. The predicted molar refractivity (Wildman–Crippen MR) is 64.9 cm³/mol. The van der Waals surface area contributed by atoms with Crippen molar-refractivity contribution in [3.05, 3.63) is 35.4 Å². The number of carbonyl (C=O) groups is 3.